The fourth-order valence-electron chi connectivity index (χ4n) is 2.01. The van der Waals surface area contributed by atoms with Crippen molar-refractivity contribution in [2.75, 3.05) is 13.2 Å². The number of hydrogen-bond donors (Lipinski definition) is 1. The van der Waals surface area contributed by atoms with Gasteiger partial charge in [-0.3, -0.25) is 0 Å². The normalized spacial score (nSPS) is 17.1. The molecule has 1 fully saturated rings. The summed E-state index contributed by atoms with van der Waals surface area (Å²) in [6, 6.07) is 4.25. The van der Waals surface area contributed by atoms with Crippen molar-refractivity contribution in [2.45, 2.75) is 38.3 Å². The van der Waals surface area contributed by atoms with Crippen LogP contribution in [0.15, 0.2) is 15.9 Å². The second kappa shape index (κ2) is 6.74. The van der Waals surface area contributed by atoms with E-state index in [-0.39, 0.29) is 0 Å². The van der Waals surface area contributed by atoms with Gasteiger partial charge in [-0.2, -0.15) is 0 Å². The maximum atomic E-state index is 5.78. The van der Waals surface area contributed by atoms with E-state index in [1.165, 1.54) is 34.3 Å². The van der Waals surface area contributed by atoms with E-state index < -0.39 is 0 Å². The van der Waals surface area contributed by atoms with Gasteiger partial charge in [0.1, 0.15) is 0 Å². The highest BCUT2D eigenvalue weighted by molar-refractivity contribution is 9.11. The van der Waals surface area contributed by atoms with Crippen LogP contribution in [0.25, 0.3) is 0 Å². The molecule has 1 saturated carbocycles. The van der Waals surface area contributed by atoms with E-state index in [1.54, 1.807) is 11.3 Å². The molecule has 1 aromatic rings. The molecule has 1 heterocycles. The van der Waals surface area contributed by atoms with Crippen LogP contribution in [0.4, 0.5) is 0 Å². The molecule has 1 aromatic heterocycles. The van der Waals surface area contributed by atoms with E-state index in [4.69, 9.17) is 4.74 Å². The summed E-state index contributed by atoms with van der Waals surface area (Å²) in [5, 5.41) is 3.40. The maximum Gasteiger partial charge on any atom is 0.0701 e. The van der Waals surface area contributed by atoms with Crippen molar-refractivity contribution in [2.24, 2.45) is 0 Å². The van der Waals surface area contributed by atoms with Crippen molar-refractivity contribution < 1.29 is 4.74 Å². The molecule has 90 valence electrons. The van der Waals surface area contributed by atoms with Gasteiger partial charge in [0, 0.05) is 18.0 Å². The Labute approximate surface area is 110 Å². The minimum atomic E-state index is 0.540. The SMILES string of the molecule is Brc1ccc(CNCCOC2CCCC2)s1. The van der Waals surface area contributed by atoms with E-state index in [0.717, 1.165) is 19.7 Å². The van der Waals surface area contributed by atoms with Gasteiger partial charge in [-0.25, -0.2) is 0 Å². The summed E-state index contributed by atoms with van der Waals surface area (Å²) >= 11 is 5.25. The quantitative estimate of drug-likeness (QED) is 0.811. The van der Waals surface area contributed by atoms with E-state index in [9.17, 15) is 0 Å². The Morgan fingerprint density at radius 2 is 2.19 bits per heavy atom. The average molecular weight is 304 g/mol. The highest BCUT2D eigenvalue weighted by Crippen LogP contribution is 2.22. The molecule has 2 nitrogen and oxygen atoms in total. The van der Waals surface area contributed by atoms with Gasteiger partial charge in [0.25, 0.3) is 0 Å². The molecule has 0 spiro atoms. The van der Waals surface area contributed by atoms with E-state index >= 15 is 0 Å². The zero-order valence-corrected chi connectivity index (χ0v) is 11.8. The predicted octanol–water partition coefficient (Wildman–Crippen LogP) is 3.56. The van der Waals surface area contributed by atoms with Crippen molar-refractivity contribution in [1.82, 2.24) is 5.32 Å². The predicted molar refractivity (Wildman–Crippen MR) is 71.9 cm³/mol. The first kappa shape index (κ1) is 12.6. The minimum Gasteiger partial charge on any atom is -0.377 e. The second-order valence-corrected chi connectivity index (χ2v) is 6.71. The lowest BCUT2D eigenvalue weighted by Crippen LogP contribution is -2.21. The molecule has 4 heteroatoms. The molecule has 0 amide bonds. The first-order valence-corrected chi connectivity index (χ1v) is 7.52. The molecular formula is C12H18BrNOS. The summed E-state index contributed by atoms with van der Waals surface area (Å²) in [4.78, 5) is 1.37. The maximum absolute atomic E-state index is 5.78. The van der Waals surface area contributed by atoms with Gasteiger partial charge in [-0.15, -0.1) is 11.3 Å². The van der Waals surface area contributed by atoms with Gasteiger partial charge in [0.2, 0.25) is 0 Å². The third-order valence-corrected chi connectivity index (χ3v) is 4.49. The third-order valence-electron chi connectivity index (χ3n) is 2.86. The summed E-state index contributed by atoms with van der Waals surface area (Å²) in [7, 11) is 0. The first-order valence-electron chi connectivity index (χ1n) is 5.91. The first-order chi connectivity index (χ1) is 7.84. The minimum absolute atomic E-state index is 0.540. The van der Waals surface area contributed by atoms with E-state index in [0.29, 0.717) is 6.10 Å². The third kappa shape index (κ3) is 4.17. The summed E-state index contributed by atoms with van der Waals surface area (Å²) in [6.45, 7) is 2.74. The van der Waals surface area contributed by atoms with Crippen LogP contribution in [0.5, 0.6) is 0 Å². The average Bonchev–Trinajstić information content (AvgIpc) is 2.89. The van der Waals surface area contributed by atoms with Gasteiger partial charge >= 0.3 is 0 Å². The van der Waals surface area contributed by atoms with Crippen molar-refractivity contribution in [3.63, 3.8) is 0 Å². The zero-order chi connectivity index (χ0) is 11.2. The molecule has 0 bridgehead atoms. The summed E-state index contributed by atoms with van der Waals surface area (Å²) in [6.07, 6.45) is 5.76. The lowest BCUT2D eigenvalue weighted by Gasteiger charge is -2.10. The van der Waals surface area contributed by atoms with Crippen LogP contribution < -0.4 is 5.32 Å². The Kier molecular flexibility index (Phi) is 5.29. The van der Waals surface area contributed by atoms with E-state index in [1.807, 2.05) is 0 Å². The molecule has 0 aliphatic heterocycles. The van der Waals surface area contributed by atoms with Gasteiger partial charge in [-0.1, -0.05) is 12.8 Å². The fourth-order valence-corrected chi connectivity index (χ4v) is 3.46. The molecular weight excluding hydrogens is 286 g/mol. The number of halogens is 1. The van der Waals surface area contributed by atoms with Gasteiger partial charge in [-0.05, 0) is 40.9 Å². The highest BCUT2D eigenvalue weighted by atomic mass is 79.9. The fraction of sp³-hybridized carbons (Fsp3) is 0.667. The lowest BCUT2D eigenvalue weighted by atomic mass is 10.3. The van der Waals surface area contributed by atoms with Gasteiger partial charge in [0.05, 0.1) is 16.5 Å². The van der Waals surface area contributed by atoms with Gasteiger partial charge < -0.3 is 10.1 Å². The summed E-state index contributed by atoms with van der Waals surface area (Å²) < 4.78 is 6.98. The molecule has 0 radical (unpaired) electrons. The smallest absolute Gasteiger partial charge is 0.0701 e. The lowest BCUT2D eigenvalue weighted by molar-refractivity contribution is 0.0603. The zero-order valence-electron chi connectivity index (χ0n) is 9.38. The topological polar surface area (TPSA) is 21.3 Å². The monoisotopic (exact) mass is 303 g/mol. The van der Waals surface area contributed by atoms with Crippen molar-refractivity contribution in [3.8, 4) is 0 Å². The standard InChI is InChI=1S/C12H18BrNOS/c13-12-6-5-11(16-12)9-14-7-8-15-10-3-1-2-4-10/h5-6,10,14H,1-4,7-9H2. The number of ether oxygens (including phenoxy) is 1. The number of hydrogen-bond acceptors (Lipinski definition) is 3. The number of rotatable bonds is 6. The van der Waals surface area contributed by atoms with Crippen molar-refractivity contribution in [1.29, 1.82) is 0 Å². The van der Waals surface area contributed by atoms with Gasteiger partial charge in [0.15, 0.2) is 0 Å². The largest absolute Gasteiger partial charge is 0.377 e. The Morgan fingerprint density at radius 3 is 2.88 bits per heavy atom. The van der Waals surface area contributed by atoms with Crippen LogP contribution in [0.2, 0.25) is 0 Å². The second-order valence-electron chi connectivity index (χ2n) is 4.16. The van der Waals surface area contributed by atoms with E-state index in [2.05, 4.69) is 33.4 Å². The number of nitrogens with one attached hydrogen (secondary N) is 1. The molecule has 0 aromatic carbocycles. The molecule has 16 heavy (non-hydrogen) atoms. The molecule has 2 rings (SSSR count). The van der Waals surface area contributed by atoms with Crippen LogP contribution in [0.3, 0.4) is 0 Å². The Morgan fingerprint density at radius 1 is 1.38 bits per heavy atom. The summed E-state index contributed by atoms with van der Waals surface area (Å²) in [5.74, 6) is 0. The van der Waals surface area contributed by atoms with Crippen LogP contribution in [-0.4, -0.2) is 19.3 Å². The Hall–Kier alpha value is 0.1000. The summed E-state index contributed by atoms with van der Waals surface area (Å²) in [5.41, 5.74) is 0. The molecule has 1 aliphatic carbocycles. The number of thiophene rings is 1. The molecule has 0 saturated heterocycles. The molecule has 0 atom stereocenters. The van der Waals surface area contributed by atoms with Crippen LogP contribution in [-0.2, 0) is 11.3 Å². The molecule has 0 unspecified atom stereocenters. The molecule has 1 aliphatic rings. The van der Waals surface area contributed by atoms with Crippen LogP contribution in [0.1, 0.15) is 30.6 Å². The Balaban J connectivity index is 1.51. The molecule has 1 N–H and O–H groups in total. The highest BCUT2D eigenvalue weighted by Gasteiger charge is 2.14. The van der Waals surface area contributed by atoms with Crippen LogP contribution in [0, 0.1) is 0 Å². The van der Waals surface area contributed by atoms with Crippen molar-refractivity contribution >= 4 is 27.3 Å². The van der Waals surface area contributed by atoms with Crippen molar-refractivity contribution in [3.05, 3.63) is 20.8 Å². The van der Waals surface area contributed by atoms with Crippen LogP contribution >= 0.6 is 27.3 Å². The Bertz CT molecular complexity index is 310.